The lowest BCUT2D eigenvalue weighted by Crippen LogP contribution is -2.28. The largest absolute Gasteiger partial charge is 0.492 e. The van der Waals surface area contributed by atoms with E-state index in [0.717, 1.165) is 6.54 Å². The average molecular weight is 431 g/mol. The van der Waals surface area contributed by atoms with E-state index < -0.39 is 21.8 Å². The number of hydrogen-bond acceptors (Lipinski definition) is 7. The highest BCUT2D eigenvalue weighted by atomic mass is 32.2. The maximum Gasteiger partial charge on any atom is 0.328 e. The summed E-state index contributed by atoms with van der Waals surface area (Å²) >= 11 is 0. The van der Waals surface area contributed by atoms with Crippen molar-refractivity contribution in [3.63, 3.8) is 0 Å². The highest BCUT2D eigenvalue weighted by molar-refractivity contribution is 7.91. The van der Waals surface area contributed by atoms with Crippen LogP contribution in [0.5, 0.6) is 5.75 Å². The molecule has 1 aromatic rings. The summed E-state index contributed by atoms with van der Waals surface area (Å²) in [6.45, 7) is 5.85. The number of likely N-dealkylation sites (N-methyl/N-ethyl adjacent to an activating group) is 1. The second-order valence-corrected chi connectivity index (χ2v) is 8.67. The normalized spacial score (nSPS) is 11.4. The highest BCUT2D eigenvalue weighted by Crippen LogP contribution is 2.17. The van der Waals surface area contributed by atoms with E-state index in [1.54, 1.807) is 24.3 Å². The molecule has 0 saturated heterocycles. The molecule has 0 aromatic heterocycles. The molecular formula is C19H30N2O7S. The average Bonchev–Trinajstić information content (AvgIpc) is 2.60. The SMILES string of the molecule is CC(C)NCCS(=O)(=O)c1ccc(OCCN(C)C)cc1.O=C(O)/C=C\C(=O)O. The molecule has 0 atom stereocenters. The molecule has 0 saturated carbocycles. The Bertz CT molecular complexity index is 741. The monoisotopic (exact) mass is 430 g/mol. The topological polar surface area (TPSA) is 133 Å². The summed E-state index contributed by atoms with van der Waals surface area (Å²) in [5.74, 6) is -1.72. The zero-order valence-electron chi connectivity index (χ0n) is 17.2. The number of rotatable bonds is 11. The summed E-state index contributed by atoms with van der Waals surface area (Å²) in [5.41, 5.74) is 0. The molecule has 1 aromatic carbocycles. The predicted octanol–water partition coefficient (Wildman–Crippen LogP) is 1.11. The molecule has 0 amide bonds. The van der Waals surface area contributed by atoms with E-state index in [-0.39, 0.29) is 11.8 Å². The molecular weight excluding hydrogens is 400 g/mol. The van der Waals surface area contributed by atoms with Gasteiger partial charge in [-0.2, -0.15) is 0 Å². The number of nitrogens with zero attached hydrogens (tertiary/aromatic N) is 1. The number of benzene rings is 1. The molecule has 0 bridgehead atoms. The van der Waals surface area contributed by atoms with Gasteiger partial charge in [-0.1, -0.05) is 13.8 Å². The van der Waals surface area contributed by atoms with Gasteiger partial charge in [0, 0.05) is 31.3 Å². The van der Waals surface area contributed by atoms with Crippen LogP contribution in [-0.2, 0) is 19.4 Å². The molecule has 10 heteroatoms. The quantitative estimate of drug-likeness (QED) is 0.441. The number of hydrogen-bond donors (Lipinski definition) is 3. The third kappa shape index (κ3) is 14.3. The van der Waals surface area contributed by atoms with Gasteiger partial charge >= 0.3 is 11.9 Å². The smallest absolute Gasteiger partial charge is 0.328 e. The van der Waals surface area contributed by atoms with E-state index in [1.807, 2.05) is 32.8 Å². The number of ether oxygens (including phenoxy) is 1. The van der Waals surface area contributed by atoms with E-state index in [9.17, 15) is 18.0 Å². The van der Waals surface area contributed by atoms with Crippen LogP contribution < -0.4 is 10.1 Å². The van der Waals surface area contributed by atoms with Crippen LogP contribution in [0.25, 0.3) is 0 Å². The molecule has 0 spiro atoms. The van der Waals surface area contributed by atoms with Gasteiger partial charge in [0.2, 0.25) is 0 Å². The molecule has 0 radical (unpaired) electrons. The fraction of sp³-hybridized carbons (Fsp3) is 0.474. The molecule has 0 aliphatic heterocycles. The van der Waals surface area contributed by atoms with E-state index in [4.69, 9.17) is 14.9 Å². The summed E-state index contributed by atoms with van der Waals surface area (Å²) in [5, 5.41) is 18.7. The van der Waals surface area contributed by atoms with Gasteiger partial charge in [-0.3, -0.25) is 0 Å². The van der Waals surface area contributed by atoms with Crippen LogP contribution in [0.4, 0.5) is 0 Å². The predicted molar refractivity (Wildman–Crippen MR) is 110 cm³/mol. The first kappa shape index (κ1) is 26.6. The van der Waals surface area contributed by atoms with Crippen LogP contribution in [0.2, 0.25) is 0 Å². The van der Waals surface area contributed by atoms with E-state index in [2.05, 4.69) is 5.32 Å². The number of sulfone groups is 1. The highest BCUT2D eigenvalue weighted by Gasteiger charge is 2.14. The summed E-state index contributed by atoms with van der Waals surface area (Å²) in [6.07, 6.45) is 1.12. The standard InChI is InChI=1S/C15H26N2O3S.C4H4O4/c1-13(2)16-9-12-21(18,19)15-7-5-14(6-8-15)20-11-10-17(3)4;5-3(6)1-2-4(7)8/h5-8,13,16H,9-12H2,1-4H3;1-2H,(H,5,6)(H,7,8)/b;2-1-. The van der Waals surface area contributed by atoms with Gasteiger partial charge in [-0.05, 0) is 38.4 Å². The minimum atomic E-state index is -3.23. The minimum absolute atomic E-state index is 0.103. The second kappa shape index (κ2) is 13.7. The lowest BCUT2D eigenvalue weighted by molar-refractivity contribution is -0.134. The Labute approximate surface area is 171 Å². The molecule has 0 aliphatic carbocycles. The molecule has 0 fully saturated rings. The van der Waals surface area contributed by atoms with Crippen LogP contribution in [0, 0.1) is 0 Å². The molecule has 9 nitrogen and oxygen atoms in total. The van der Waals surface area contributed by atoms with Crippen molar-refractivity contribution in [2.24, 2.45) is 0 Å². The molecule has 29 heavy (non-hydrogen) atoms. The molecule has 3 N–H and O–H groups in total. The maximum atomic E-state index is 12.1. The first-order valence-corrected chi connectivity index (χ1v) is 10.6. The maximum absolute atomic E-state index is 12.1. The number of carboxylic acid groups (broad SMARTS) is 2. The summed E-state index contributed by atoms with van der Waals surface area (Å²) in [6, 6.07) is 6.91. The number of carboxylic acids is 2. The van der Waals surface area contributed by atoms with Gasteiger partial charge in [0.25, 0.3) is 0 Å². The Morgan fingerprint density at radius 3 is 2.03 bits per heavy atom. The first-order valence-electron chi connectivity index (χ1n) is 8.91. The van der Waals surface area contributed by atoms with Gasteiger partial charge in [0.05, 0.1) is 10.6 Å². The van der Waals surface area contributed by atoms with E-state index in [0.29, 0.717) is 35.9 Å². The Balaban J connectivity index is 0.000000828. The molecule has 1 rings (SSSR count). The van der Waals surface area contributed by atoms with Gasteiger partial charge in [0.1, 0.15) is 12.4 Å². The minimum Gasteiger partial charge on any atom is -0.492 e. The van der Waals surface area contributed by atoms with Crippen LogP contribution in [0.3, 0.4) is 0 Å². The Morgan fingerprint density at radius 2 is 1.62 bits per heavy atom. The summed E-state index contributed by atoms with van der Waals surface area (Å²) in [7, 11) is 0.720. The van der Waals surface area contributed by atoms with Gasteiger partial charge < -0.3 is 25.2 Å². The van der Waals surface area contributed by atoms with Crippen molar-refractivity contribution in [1.29, 1.82) is 0 Å². The third-order valence-corrected chi connectivity index (χ3v) is 5.01. The van der Waals surface area contributed by atoms with Gasteiger partial charge in [0.15, 0.2) is 9.84 Å². The summed E-state index contributed by atoms with van der Waals surface area (Å²) < 4.78 is 29.8. The summed E-state index contributed by atoms with van der Waals surface area (Å²) in [4.78, 5) is 21.5. The zero-order valence-corrected chi connectivity index (χ0v) is 18.0. The zero-order chi connectivity index (χ0) is 22.4. The number of carbonyl (C=O) groups is 2. The van der Waals surface area contributed by atoms with Crippen molar-refractivity contribution in [2.75, 3.05) is 39.5 Å². The van der Waals surface area contributed by atoms with Gasteiger partial charge in [-0.25, -0.2) is 18.0 Å². The second-order valence-electron chi connectivity index (χ2n) is 6.56. The van der Waals surface area contributed by atoms with Crippen molar-refractivity contribution in [1.82, 2.24) is 10.2 Å². The Hall–Kier alpha value is -2.43. The van der Waals surface area contributed by atoms with Crippen molar-refractivity contribution >= 4 is 21.8 Å². The first-order chi connectivity index (χ1) is 13.4. The van der Waals surface area contributed by atoms with Crippen molar-refractivity contribution in [3.8, 4) is 5.75 Å². The van der Waals surface area contributed by atoms with Crippen LogP contribution in [-0.4, -0.2) is 81.1 Å². The fourth-order valence-corrected chi connectivity index (χ4v) is 3.00. The number of nitrogens with one attached hydrogen (secondary N) is 1. The third-order valence-electron chi connectivity index (χ3n) is 3.28. The van der Waals surface area contributed by atoms with Crippen molar-refractivity contribution in [2.45, 2.75) is 24.8 Å². The van der Waals surface area contributed by atoms with Crippen molar-refractivity contribution in [3.05, 3.63) is 36.4 Å². The van der Waals surface area contributed by atoms with E-state index >= 15 is 0 Å². The molecule has 0 unspecified atom stereocenters. The molecule has 0 aliphatic rings. The molecule has 0 heterocycles. The van der Waals surface area contributed by atoms with Gasteiger partial charge in [-0.15, -0.1) is 0 Å². The number of aliphatic carboxylic acids is 2. The van der Waals surface area contributed by atoms with Crippen LogP contribution in [0.15, 0.2) is 41.3 Å². The van der Waals surface area contributed by atoms with E-state index in [1.165, 1.54) is 0 Å². The Kier molecular flexibility index (Phi) is 12.5. The van der Waals surface area contributed by atoms with Crippen molar-refractivity contribution < 1.29 is 33.0 Å². The fourth-order valence-electron chi connectivity index (χ4n) is 1.83. The lowest BCUT2D eigenvalue weighted by Gasteiger charge is -2.12. The van der Waals surface area contributed by atoms with Crippen LogP contribution >= 0.6 is 0 Å². The lowest BCUT2D eigenvalue weighted by atomic mass is 10.3. The van der Waals surface area contributed by atoms with Crippen LogP contribution in [0.1, 0.15) is 13.8 Å². The molecule has 164 valence electrons. The Morgan fingerprint density at radius 1 is 1.10 bits per heavy atom.